The van der Waals surface area contributed by atoms with E-state index < -0.39 is 0 Å². The summed E-state index contributed by atoms with van der Waals surface area (Å²) in [6.07, 6.45) is 2.84. The van der Waals surface area contributed by atoms with Crippen molar-refractivity contribution in [1.82, 2.24) is 4.98 Å². The van der Waals surface area contributed by atoms with Crippen LogP contribution in [0.1, 0.15) is 11.3 Å². The van der Waals surface area contributed by atoms with E-state index in [9.17, 15) is 4.79 Å². The molecular formula is C9H11ClINO2. The number of aromatic nitrogens is 1. The van der Waals surface area contributed by atoms with Gasteiger partial charge in [-0.25, -0.2) is 0 Å². The molecule has 0 unspecified atom stereocenters. The number of halogens is 2. The molecule has 3 nitrogen and oxygen atoms in total. The van der Waals surface area contributed by atoms with Crippen LogP contribution >= 0.6 is 34.2 Å². The van der Waals surface area contributed by atoms with Crippen molar-refractivity contribution in [3.63, 3.8) is 0 Å². The molecule has 78 valence electrons. The van der Waals surface area contributed by atoms with Crippen molar-refractivity contribution in [3.8, 4) is 0 Å². The SMILES string of the molecule is COC(=O)Cc1[nH]cc(Cl)c1CCI. The first kappa shape index (κ1) is 11.8. The largest absolute Gasteiger partial charge is 0.469 e. The van der Waals surface area contributed by atoms with Gasteiger partial charge in [-0.3, -0.25) is 4.79 Å². The van der Waals surface area contributed by atoms with Gasteiger partial charge < -0.3 is 9.72 Å². The molecule has 0 aliphatic rings. The molecular weight excluding hydrogens is 316 g/mol. The molecule has 0 aromatic carbocycles. The summed E-state index contributed by atoms with van der Waals surface area (Å²) in [5, 5.41) is 0.695. The molecule has 0 saturated heterocycles. The third kappa shape index (κ3) is 2.88. The standard InChI is InChI=1S/C9H11ClINO2/c1-14-9(13)4-8-6(2-3-11)7(10)5-12-8/h5,12H,2-4H2,1H3. The van der Waals surface area contributed by atoms with E-state index in [1.54, 1.807) is 6.20 Å². The maximum Gasteiger partial charge on any atom is 0.311 e. The van der Waals surface area contributed by atoms with E-state index >= 15 is 0 Å². The summed E-state index contributed by atoms with van der Waals surface area (Å²) < 4.78 is 5.57. The molecule has 0 aliphatic carbocycles. The minimum atomic E-state index is -0.252. The van der Waals surface area contributed by atoms with Crippen LogP contribution in [0.3, 0.4) is 0 Å². The molecule has 0 radical (unpaired) electrons. The van der Waals surface area contributed by atoms with E-state index in [1.165, 1.54) is 7.11 Å². The van der Waals surface area contributed by atoms with Gasteiger partial charge in [0.05, 0.1) is 18.6 Å². The number of aromatic amines is 1. The summed E-state index contributed by atoms with van der Waals surface area (Å²) in [4.78, 5) is 14.0. The number of nitrogens with one attached hydrogen (secondary N) is 1. The number of esters is 1. The average molecular weight is 328 g/mol. The Bertz CT molecular complexity index is 325. The van der Waals surface area contributed by atoms with Crippen LogP contribution in [0.5, 0.6) is 0 Å². The zero-order valence-corrected chi connectivity index (χ0v) is 10.7. The fourth-order valence-corrected chi connectivity index (χ4v) is 2.01. The Morgan fingerprint density at radius 3 is 3.00 bits per heavy atom. The third-order valence-corrected chi connectivity index (χ3v) is 2.80. The van der Waals surface area contributed by atoms with Gasteiger partial charge in [-0.15, -0.1) is 0 Å². The van der Waals surface area contributed by atoms with Gasteiger partial charge in [0.1, 0.15) is 0 Å². The average Bonchev–Trinajstić information content (AvgIpc) is 2.50. The molecule has 1 heterocycles. The molecule has 5 heteroatoms. The van der Waals surface area contributed by atoms with Crippen LogP contribution in [0.15, 0.2) is 6.20 Å². The minimum Gasteiger partial charge on any atom is -0.469 e. The Labute approximate surface area is 101 Å². The van der Waals surface area contributed by atoms with Gasteiger partial charge in [0.2, 0.25) is 0 Å². The summed E-state index contributed by atoms with van der Waals surface area (Å²) in [7, 11) is 1.38. The van der Waals surface area contributed by atoms with Crippen molar-refractivity contribution in [2.75, 3.05) is 11.5 Å². The van der Waals surface area contributed by atoms with Crippen LogP contribution in [0.2, 0.25) is 5.02 Å². The van der Waals surface area contributed by atoms with Gasteiger partial charge in [-0.2, -0.15) is 0 Å². The van der Waals surface area contributed by atoms with Crippen LogP contribution in [0.25, 0.3) is 0 Å². The lowest BCUT2D eigenvalue weighted by molar-refractivity contribution is -0.139. The minimum absolute atomic E-state index is 0.252. The normalized spacial score (nSPS) is 10.2. The smallest absolute Gasteiger partial charge is 0.311 e. The fourth-order valence-electron chi connectivity index (χ4n) is 1.21. The summed E-state index contributed by atoms with van der Waals surface area (Å²) in [6, 6.07) is 0. The first-order chi connectivity index (χ1) is 6.69. The lowest BCUT2D eigenvalue weighted by atomic mass is 10.1. The Balaban J connectivity index is 2.80. The van der Waals surface area contributed by atoms with Crippen molar-refractivity contribution in [1.29, 1.82) is 0 Å². The molecule has 1 rings (SSSR count). The van der Waals surface area contributed by atoms with E-state index in [-0.39, 0.29) is 12.4 Å². The van der Waals surface area contributed by atoms with Crippen molar-refractivity contribution in [3.05, 3.63) is 22.5 Å². The lowest BCUT2D eigenvalue weighted by Crippen LogP contribution is -2.06. The molecule has 0 bridgehead atoms. The number of carbonyl (C=O) groups is 1. The lowest BCUT2D eigenvalue weighted by Gasteiger charge is -2.01. The molecule has 0 amide bonds. The molecule has 0 atom stereocenters. The first-order valence-electron chi connectivity index (χ1n) is 4.16. The highest BCUT2D eigenvalue weighted by atomic mass is 127. The molecule has 1 aromatic rings. The fraction of sp³-hybridized carbons (Fsp3) is 0.444. The highest BCUT2D eigenvalue weighted by molar-refractivity contribution is 14.1. The zero-order chi connectivity index (χ0) is 10.6. The molecule has 0 fully saturated rings. The van der Waals surface area contributed by atoms with Gasteiger partial charge in [0.15, 0.2) is 0 Å². The predicted octanol–water partition coefficient (Wildman–Crippen LogP) is 2.36. The topological polar surface area (TPSA) is 42.1 Å². The Kier molecular flexibility index (Phi) is 4.74. The Hall–Kier alpha value is -0.230. The van der Waals surface area contributed by atoms with E-state index in [0.29, 0.717) is 5.02 Å². The predicted molar refractivity (Wildman–Crippen MR) is 64.1 cm³/mol. The highest BCUT2D eigenvalue weighted by Gasteiger charge is 2.12. The van der Waals surface area contributed by atoms with Crippen LogP contribution < -0.4 is 0 Å². The number of alkyl halides is 1. The maximum absolute atomic E-state index is 11.1. The third-order valence-electron chi connectivity index (χ3n) is 1.92. The number of H-pyrrole nitrogens is 1. The molecule has 1 aromatic heterocycles. The van der Waals surface area contributed by atoms with Crippen molar-refractivity contribution < 1.29 is 9.53 Å². The van der Waals surface area contributed by atoms with Crippen molar-refractivity contribution in [2.45, 2.75) is 12.8 Å². The van der Waals surface area contributed by atoms with Crippen LogP contribution in [0.4, 0.5) is 0 Å². The molecule has 0 saturated carbocycles. The van der Waals surface area contributed by atoms with Gasteiger partial charge in [-0.1, -0.05) is 34.2 Å². The van der Waals surface area contributed by atoms with E-state index in [4.69, 9.17) is 11.6 Å². The van der Waals surface area contributed by atoms with Crippen molar-refractivity contribution >= 4 is 40.2 Å². The van der Waals surface area contributed by atoms with E-state index in [0.717, 1.165) is 22.1 Å². The molecule has 0 aliphatic heterocycles. The second kappa shape index (κ2) is 5.60. The summed E-state index contributed by atoms with van der Waals surface area (Å²) in [6.45, 7) is 0. The number of rotatable bonds is 4. The van der Waals surface area contributed by atoms with Crippen LogP contribution in [-0.4, -0.2) is 22.5 Å². The van der Waals surface area contributed by atoms with Crippen LogP contribution in [-0.2, 0) is 22.4 Å². The van der Waals surface area contributed by atoms with Gasteiger partial charge in [0, 0.05) is 16.3 Å². The summed E-state index contributed by atoms with van der Waals surface area (Å²) in [5.74, 6) is -0.252. The molecule has 0 spiro atoms. The number of methoxy groups -OCH3 is 1. The van der Waals surface area contributed by atoms with Gasteiger partial charge in [0.25, 0.3) is 0 Å². The monoisotopic (exact) mass is 327 g/mol. The number of hydrogen-bond acceptors (Lipinski definition) is 2. The quantitative estimate of drug-likeness (QED) is 0.524. The number of hydrogen-bond donors (Lipinski definition) is 1. The van der Waals surface area contributed by atoms with E-state index in [1.807, 2.05) is 0 Å². The summed E-state index contributed by atoms with van der Waals surface area (Å²) >= 11 is 8.24. The maximum atomic E-state index is 11.1. The Morgan fingerprint density at radius 1 is 1.71 bits per heavy atom. The highest BCUT2D eigenvalue weighted by Crippen LogP contribution is 2.21. The number of carbonyl (C=O) groups excluding carboxylic acids is 1. The molecule has 14 heavy (non-hydrogen) atoms. The van der Waals surface area contributed by atoms with E-state index in [2.05, 4.69) is 32.3 Å². The van der Waals surface area contributed by atoms with Crippen molar-refractivity contribution in [2.24, 2.45) is 0 Å². The second-order valence-corrected chi connectivity index (χ2v) is 4.27. The van der Waals surface area contributed by atoms with Gasteiger partial charge in [-0.05, 0) is 12.0 Å². The van der Waals surface area contributed by atoms with Crippen LogP contribution in [0, 0.1) is 0 Å². The summed E-state index contributed by atoms with van der Waals surface area (Å²) in [5.41, 5.74) is 1.88. The number of ether oxygens (including phenoxy) is 1. The first-order valence-corrected chi connectivity index (χ1v) is 6.06. The second-order valence-electron chi connectivity index (χ2n) is 2.79. The zero-order valence-electron chi connectivity index (χ0n) is 7.77. The Morgan fingerprint density at radius 2 is 2.43 bits per heavy atom. The molecule has 1 N–H and O–H groups in total. The van der Waals surface area contributed by atoms with Gasteiger partial charge >= 0.3 is 5.97 Å².